The Morgan fingerprint density at radius 2 is 2.15 bits per heavy atom. The van der Waals surface area contributed by atoms with Crippen LogP contribution < -0.4 is 14.8 Å². The van der Waals surface area contributed by atoms with Crippen LogP contribution in [0.3, 0.4) is 0 Å². The van der Waals surface area contributed by atoms with Crippen molar-refractivity contribution in [1.82, 2.24) is 14.9 Å². The second-order valence-electron chi connectivity index (χ2n) is 4.45. The standard InChI is InChI=1S/C15H21N3O2/c1-4-19-13-7-5-6-12(10-16-2)15(13)20-11-14-17-8-9-18(14)3/h5-9,16H,4,10-11H2,1-3H3. The third-order valence-corrected chi connectivity index (χ3v) is 2.99. The average molecular weight is 275 g/mol. The highest BCUT2D eigenvalue weighted by Gasteiger charge is 2.11. The van der Waals surface area contributed by atoms with E-state index in [1.54, 1.807) is 6.20 Å². The molecule has 0 amide bonds. The van der Waals surface area contributed by atoms with Crippen LogP contribution in [0.5, 0.6) is 11.5 Å². The second-order valence-corrected chi connectivity index (χ2v) is 4.45. The lowest BCUT2D eigenvalue weighted by atomic mass is 10.2. The summed E-state index contributed by atoms with van der Waals surface area (Å²) in [5, 5.41) is 3.14. The van der Waals surface area contributed by atoms with Crippen LogP contribution in [0.4, 0.5) is 0 Å². The van der Waals surface area contributed by atoms with Gasteiger partial charge in [0, 0.05) is 31.5 Å². The molecule has 0 aliphatic heterocycles. The topological polar surface area (TPSA) is 48.3 Å². The third kappa shape index (κ3) is 3.30. The van der Waals surface area contributed by atoms with E-state index in [2.05, 4.69) is 10.3 Å². The third-order valence-electron chi connectivity index (χ3n) is 2.99. The molecule has 0 radical (unpaired) electrons. The summed E-state index contributed by atoms with van der Waals surface area (Å²) < 4.78 is 13.5. The molecule has 20 heavy (non-hydrogen) atoms. The summed E-state index contributed by atoms with van der Waals surface area (Å²) in [5.41, 5.74) is 1.08. The first kappa shape index (κ1) is 14.4. The smallest absolute Gasteiger partial charge is 0.166 e. The normalized spacial score (nSPS) is 10.6. The molecule has 0 unspecified atom stereocenters. The molecule has 0 bridgehead atoms. The quantitative estimate of drug-likeness (QED) is 0.841. The number of hydrogen-bond donors (Lipinski definition) is 1. The number of nitrogens with zero attached hydrogens (tertiary/aromatic N) is 2. The molecular weight excluding hydrogens is 254 g/mol. The fourth-order valence-electron chi connectivity index (χ4n) is 2.00. The molecule has 5 nitrogen and oxygen atoms in total. The van der Waals surface area contributed by atoms with Crippen LogP contribution in [-0.4, -0.2) is 23.2 Å². The Morgan fingerprint density at radius 3 is 2.80 bits per heavy atom. The van der Waals surface area contributed by atoms with Crippen LogP contribution in [0.15, 0.2) is 30.6 Å². The van der Waals surface area contributed by atoms with Crippen molar-refractivity contribution in [3.8, 4) is 11.5 Å². The molecule has 0 saturated carbocycles. The van der Waals surface area contributed by atoms with E-state index in [1.807, 2.05) is 50.0 Å². The molecule has 108 valence electrons. The van der Waals surface area contributed by atoms with Gasteiger partial charge in [0.15, 0.2) is 11.5 Å². The molecule has 1 heterocycles. The molecule has 0 atom stereocenters. The Hall–Kier alpha value is -2.01. The van der Waals surface area contributed by atoms with Crippen molar-refractivity contribution in [3.63, 3.8) is 0 Å². The van der Waals surface area contributed by atoms with E-state index in [1.165, 1.54) is 0 Å². The predicted molar refractivity (Wildman–Crippen MR) is 77.9 cm³/mol. The Labute approximate surface area is 119 Å². The highest BCUT2D eigenvalue weighted by Crippen LogP contribution is 2.32. The molecule has 0 saturated heterocycles. The number of nitrogens with one attached hydrogen (secondary N) is 1. The Morgan fingerprint density at radius 1 is 1.30 bits per heavy atom. The fourth-order valence-corrected chi connectivity index (χ4v) is 2.00. The number of aromatic nitrogens is 2. The molecule has 1 aromatic carbocycles. The lowest BCUT2D eigenvalue weighted by Crippen LogP contribution is -2.10. The zero-order valence-electron chi connectivity index (χ0n) is 12.2. The van der Waals surface area contributed by atoms with Crippen LogP contribution in [0.25, 0.3) is 0 Å². The van der Waals surface area contributed by atoms with Gasteiger partial charge in [0.2, 0.25) is 0 Å². The molecule has 0 aliphatic carbocycles. The average Bonchev–Trinajstić information content (AvgIpc) is 2.84. The molecule has 0 fully saturated rings. The maximum absolute atomic E-state index is 5.95. The maximum Gasteiger partial charge on any atom is 0.166 e. The fraction of sp³-hybridized carbons (Fsp3) is 0.400. The van der Waals surface area contributed by atoms with Gasteiger partial charge < -0.3 is 19.4 Å². The van der Waals surface area contributed by atoms with Gasteiger partial charge in [-0.3, -0.25) is 0 Å². The summed E-state index contributed by atoms with van der Waals surface area (Å²) in [5.74, 6) is 2.44. The van der Waals surface area contributed by atoms with Crippen molar-refractivity contribution in [1.29, 1.82) is 0 Å². The largest absolute Gasteiger partial charge is 0.490 e. The summed E-state index contributed by atoms with van der Waals surface area (Å²) >= 11 is 0. The van der Waals surface area contributed by atoms with Crippen molar-refractivity contribution < 1.29 is 9.47 Å². The van der Waals surface area contributed by atoms with Gasteiger partial charge in [0.1, 0.15) is 12.4 Å². The summed E-state index contributed by atoms with van der Waals surface area (Å²) in [4.78, 5) is 4.26. The molecule has 2 aromatic rings. The first-order chi connectivity index (χ1) is 9.76. The van der Waals surface area contributed by atoms with E-state index < -0.39 is 0 Å². The number of aryl methyl sites for hydroxylation is 1. The highest BCUT2D eigenvalue weighted by molar-refractivity contribution is 5.46. The number of benzene rings is 1. The summed E-state index contributed by atoms with van der Waals surface area (Å²) in [6.45, 7) is 3.73. The van der Waals surface area contributed by atoms with Crippen LogP contribution >= 0.6 is 0 Å². The Bertz CT molecular complexity index is 528. The highest BCUT2D eigenvalue weighted by atomic mass is 16.5. The molecule has 1 aromatic heterocycles. The Kier molecular flexibility index (Phi) is 5.01. The van der Waals surface area contributed by atoms with Gasteiger partial charge in [-0.05, 0) is 20.0 Å². The number of ether oxygens (including phenoxy) is 2. The van der Waals surface area contributed by atoms with Gasteiger partial charge in [0.25, 0.3) is 0 Å². The van der Waals surface area contributed by atoms with Gasteiger partial charge in [0.05, 0.1) is 6.61 Å². The molecule has 0 spiro atoms. The summed E-state index contributed by atoms with van der Waals surface area (Å²) in [6, 6.07) is 5.94. The Balaban J connectivity index is 2.20. The van der Waals surface area contributed by atoms with E-state index >= 15 is 0 Å². The van der Waals surface area contributed by atoms with Crippen molar-refractivity contribution in [2.24, 2.45) is 7.05 Å². The minimum Gasteiger partial charge on any atom is -0.490 e. The predicted octanol–water partition coefficient (Wildman–Crippen LogP) is 2.12. The number of hydrogen-bond acceptors (Lipinski definition) is 4. The monoisotopic (exact) mass is 275 g/mol. The first-order valence-corrected chi connectivity index (χ1v) is 6.74. The van der Waals surface area contributed by atoms with E-state index in [0.29, 0.717) is 13.2 Å². The molecule has 2 rings (SSSR count). The summed E-state index contributed by atoms with van der Waals surface area (Å²) in [7, 11) is 3.87. The van der Waals surface area contributed by atoms with Crippen LogP contribution in [0, 0.1) is 0 Å². The SMILES string of the molecule is CCOc1cccc(CNC)c1OCc1nccn1C. The zero-order chi connectivity index (χ0) is 14.4. The molecule has 1 N–H and O–H groups in total. The van der Waals surface area contributed by atoms with Crippen molar-refractivity contribution in [2.75, 3.05) is 13.7 Å². The molecule has 5 heteroatoms. The van der Waals surface area contributed by atoms with E-state index in [-0.39, 0.29) is 0 Å². The van der Waals surface area contributed by atoms with Gasteiger partial charge in [-0.25, -0.2) is 4.98 Å². The number of para-hydroxylation sites is 1. The van der Waals surface area contributed by atoms with E-state index in [9.17, 15) is 0 Å². The van der Waals surface area contributed by atoms with Gasteiger partial charge in [-0.2, -0.15) is 0 Å². The second kappa shape index (κ2) is 6.96. The molecular formula is C15H21N3O2. The van der Waals surface area contributed by atoms with Gasteiger partial charge in [-0.15, -0.1) is 0 Å². The minimum absolute atomic E-state index is 0.421. The molecule has 0 aliphatic rings. The van der Waals surface area contributed by atoms with Crippen molar-refractivity contribution >= 4 is 0 Å². The van der Waals surface area contributed by atoms with E-state index in [0.717, 1.165) is 29.4 Å². The minimum atomic E-state index is 0.421. The lowest BCUT2D eigenvalue weighted by molar-refractivity contribution is 0.258. The van der Waals surface area contributed by atoms with Crippen molar-refractivity contribution in [2.45, 2.75) is 20.1 Å². The number of rotatable bonds is 7. The first-order valence-electron chi connectivity index (χ1n) is 6.74. The van der Waals surface area contributed by atoms with Gasteiger partial charge >= 0.3 is 0 Å². The van der Waals surface area contributed by atoms with E-state index in [4.69, 9.17) is 9.47 Å². The van der Waals surface area contributed by atoms with Gasteiger partial charge in [-0.1, -0.05) is 12.1 Å². The lowest BCUT2D eigenvalue weighted by Gasteiger charge is -2.15. The number of imidazole rings is 1. The van der Waals surface area contributed by atoms with Crippen molar-refractivity contribution in [3.05, 3.63) is 42.0 Å². The summed E-state index contributed by atoms with van der Waals surface area (Å²) in [6.07, 6.45) is 3.67. The van der Waals surface area contributed by atoms with Crippen LogP contribution in [0.2, 0.25) is 0 Å². The van der Waals surface area contributed by atoms with Crippen LogP contribution in [0.1, 0.15) is 18.3 Å². The zero-order valence-corrected chi connectivity index (χ0v) is 12.2. The van der Waals surface area contributed by atoms with Crippen LogP contribution in [-0.2, 0) is 20.2 Å². The maximum atomic E-state index is 5.95.